The van der Waals surface area contributed by atoms with Gasteiger partial charge in [-0.2, -0.15) is 0 Å². The van der Waals surface area contributed by atoms with Crippen molar-refractivity contribution in [1.29, 1.82) is 0 Å². The molecule has 0 aromatic heterocycles. The van der Waals surface area contributed by atoms with E-state index in [9.17, 15) is 4.79 Å². The molecule has 0 radical (unpaired) electrons. The molecule has 0 aliphatic heterocycles. The van der Waals surface area contributed by atoms with Crippen LogP contribution in [-0.4, -0.2) is 39.3 Å². The highest BCUT2D eigenvalue weighted by molar-refractivity contribution is 5.99. The quantitative estimate of drug-likeness (QED) is 0.686. The molecule has 0 atom stereocenters. The third kappa shape index (κ3) is 4.05. The van der Waals surface area contributed by atoms with Gasteiger partial charge in [0.05, 0.1) is 6.61 Å². The summed E-state index contributed by atoms with van der Waals surface area (Å²) in [6.07, 6.45) is 3.39. The van der Waals surface area contributed by atoms with Crippen LogP contribution in [0.25, 0.3) is 0 Å². The third-order valence-electron chi connectivity index (χ3n) is 3.39. The Morgan fingerprint density at radius 2 is 2.00 bits per heavy atom. The summed E-state index contributed by atoms with van der Waals surface area (Å²) in [5.74, 6) is 1.06. The summed E-state index contributed by atoms with van der Waals surface area (Å²) in [5, 5.41) is 0. The summed E-state index contributed by atoms with van der Waals surface area (Å²) in [6.45, 7) is 2.47. The van der Waals surface area contributed by atoms with Gasteiger partial charge < -0.3 is 14.2 Å². The largest absolute Gasteiger partial charge is 0.491 e. The van der Waals surface area contributed by atoms with Crippen molar-refractivity contribution in [3.8, 4) is 5.75 Å². The Morgan fingerprint density at radius 3 is 2.85 bits per heavy atom. The first kappa shape index (κ1) is 15.0. The van der Waals surface area contributed by atoms with Gasteiger partial charge in [0.15, 0.2) is 5.78 Å². The van der Waals surface area contributed by atoms with Crippen molar-refractivity contribution >= 4 is 5.78 Å². The van der Waals surface area contributed by atoms with Crippen LogP contribution in [0.3, 0.4) is 0 Å². The first-order valence-corrected chi connectivity index (χ1v) is 7.17. The Morgan fingerprint density at radius 1 is 1.10 bits per heavy atom. The van der Waals surface area contributed by atoms with Gasteiger partial charge in [0.25, 0.3) is 0 Å². The van der Waals surface area contributed by atoms with Gasteiger partial charge in [0.1, 0.15) is 12.4 Å². The summed E-state index contributed by atoms with van der Waals surface area (Å²) in [6, 6.07) is 5.71. The molecule has 2 rings (SSSR count). The third-order valence-corrected chi connectivity index (χ3v) is 3.39. The minimum absolute atomic E-state index is 0.229. The maximum absolute atomic E-state index is 11.8. The standard InChI is InChI=1S/C16H22O4/c1-18-9-4-10-19-11-12-20-16-8-3-5-13-14(16)6-2-7-15(13)17/h3,5,8H,2,4,6-7,9-12H2,1H3. The van der Waals surface area contributed by atoms with Crippen LogP contribution in [0.1, 0.15) is 35.2 Å². The summed E-state index contributed by atoms with van der Waals surface area (Å²) < 4.78 is 16.1. The Hall–Kier alpha value is -1.39. The van der Waals surface area contributed by atoms with Crippen molar-refractivity contribution in [3.05, 3.63) is 29.3 Å². The molecule has 4 nitrogen and oxygen atoms in total. The average Bonchev–Trinajstić information content (AvgIpc) is 2.47. The number of benzene rings is 1. The monoisotopic (exact) mass is 278 g/mol. The van der Waals surface area contributed by atoms with Crippen LogP contribution >= 0.6 is 0 Å². The minimum Gasteiger partial charge on any atom is -0.491 e. The summed E-state index contributed by atoms with van der Waals surface area (Å²) in [4.78, 5) is 11.8. The van der Waals surface area contributed by atoms with Crippen LogP contribution in [-0.2, 0) is 15.9 Å². The van der Waals surface area contributed by atoms with Crippen molar-refractivity contribution < 1.29 is 19.0 Å². The number of hydrogen-bond acceptors (Lipinski definition) is 4. The molecule has 0 saturated heterocycles. The topological polar surface area (TPSA) is 44.8 Å². The number of Topliss-reactive ketones (excluding diaryl/α,β-unsaturated/α-hetero) is 1. The Balaban J connectivity index is 1.79. The molecular weight excluding hydrogens is 256 g/mol. The number of hydrogen-bond donors (Lipinski definition) is 0. The molecule has 0 amide bonds. The van der Waals surface area contributed by atoms with Gasteiger partial charge in [-0.25, -0.2) is 0 Å². The van der Waals surface area contributed by atoms with Crippen LogP contribution in [0.2, 0.25) is 0 Å². The highest BCUT2D eigenvalue weighted by Gasteiger charge is 2.19. The highest BCUT2D eigenvalue weighted by atomic mass is 16.5. The van der Waals surface area contributed by atoms with Crippen LogP contribution < -0.4 is 4.74 Å². The van der Waals surface area contributed by atoms with Crippen LogP contribution in [0.5, 0.6) is 5.75 Å². The zero-order chi connectivity index (χ0) is 14.2. The van der Waals surface area contributed by atoms with Crippen molar-refractivity contribution in [3.63, 3.8) is 0 Å². The Labute approximate surface area is 120 Å². The van der Waals surface area contributed by atoms with E-state index < -0.39 is 0 Å². The van der Waals surface area contributed by atoms with Crippen molar-refractivity contribution in [2.75, 3.05) is 33.5 Å². The van der Waals surface area contributed by atoms with Crippen molar-refractivity contribution in [2.45, 2.75) is 25.7 Å². The summed E-state index contributed by atoms with van der Waals surface area (Å²) in [5.41, 5.74) is 1.89. The lowest BCUT2D eigenvalue weighted by Crippen LogP contribution is -2.14. The zero-order valence-corrected chi connectivity index (χ0v) is 12.0. The number of carbonyl (C=O) groups excluding carboxylic acids is 1. The van der Waals surface area contributed by atoms with Crippen LogP contribution in [0.4, 0.5) is 0 Å². The fraction of sp³-hybridized carbons (Fsp3) is 0.562. The van der Waals surface area contributed by atoms with E-state index in [0.29, 0.717) is 26.2 Å². The molecule has 0 saturated carbocycles. The SMILES string of the molecule is COCCCOCCOc1cccc2c1CCCC2=O. The molecule has 0 heterocycles. The first-order valence-electron chi connectivity index (χ1n) is 7.17. The van der Waals surface area contributed by atoms with Gasteiger partial charge >= 0.3 is 0 Å². The predicted octanol–water partition coefficient (Wildman–Crippen LogP) is 2.64. The lowest BCUT2D eigenvalue weighted by Gasteiger charge is -2.18. The molecule has 1 aliphatic rings. The molecule has 0 fully saturated rings. The highest BCUT2D eigenvalue weighted by Crippen LogP contribution is 2.29. The normalized spacial score (nSPS) is 14.2. The number of methoxy groups -OCH3 is 1. The van der Waals surface area contributed by atoms with E-state index in [1.807, 2.05) is 18.2 Å². The van der Waals surface area contributed by atoms with Gasteiger partial charge in [0.2, 0.25) is 0 Å². The molecule has 0 N–H and O–H groups in total. The van der Waals surface area contributed by atoms with Gasteiger partial charge in [-0.05, 0) is 25.3 Å². The summed E-state index contributed by atoms with van der Waals surface area (Å²) in [7, 11) is 1.68. The van der Waals surface area contributed by atoms with Gasteiger partial charge in [-0.15, -0.1) is 0 Å². The molecule has 0 spiro atoms. The molecule has 1 aromatic carbocycles. The molecule has 20 heavy (non-hydrogen) atoms. The first-order chi connectivity index (χ1) is 9.83. The fourth-order valence-electron chi connectivity index (χ4n) is 2.40. The van der Waals surface area contributed by atoms with Crippen molar-refractivity contribution in [2.24, 2.45) is 0 Å². The smallest absolute Gasteiger partial charge is 0.163 e. The van der Waals surface area contributed by atoms with Crippen molar-refractivity contribution in [1.82, 2.24) is 0 Å². The molecule has 110 valence electrons. The Kier molecular flexibility index (Phi) is 6.02. The molecule has 0 unspecified atom stereocenters. The van der Waals surface area contributed by atoms with E-state index in [4.69, 9.17) is 14.2 Å². The number of ketones is 1. The number of carbonyl (C=O) groups is 1. The zero-order valence-electron chi connectivity index (χ0n) is 12.0. The second-order valence-electron chi connectivity index (χ2n) is 4.87. The van der Waals surface area contributed by atoms with E-state index in [0.717, 1.165) is 42.7 Å². The number of fused-ring (bicyclic) bond motifs is 1. The molecule has 0 bridgehead atoms. The number of rotatable bonds is 8. The summed E-state index contributed by atoms with van der Waals surface area (Å²) >= 11 is 0. The van der Waals surface area contributed by atoms with E-state index in [-0.39, 0.29) is 5.78 Å². The molecular formula is C16H22O4. The second kappa shape index (κ2) is 8.02. The lowest BCUT2D eigenvalue weighted by molar-refractivity contribution is 0.0802. The second-order valence-corrected chi connectivity index (χ2v) is 4.87. The minimum atomic E-state index is 0.229. The average molecular weight is 278 g/mol. The molecule has 1 aromatic rings. The number of ether oxygens (including phenoxy) is 3. The maximum atomic E-state index is 11.8. The van der Waals surface area contributed by atoms with E-state index in [1.54, 1.807) is 7.11 Å². The van der Waals surface area contributed by atoms with Crippen LogP contribution in [0.15, 0.2) is 18.2 Å². The van der Waals surface area contributed by atoms with Gasteiger partial charge in [-0.1, -0.05) is 12.1 Å². The molecule has 4 heteroatoms. The Bertz CT molecular complexity index is 442. The maximum Gasteiger partial charge on any atom is 0.163 e. The molecule has 1 aliphatic carbocycles. The predicted molar refractivity (Wildman–Crippen MR) is 76.5 cm³/mol. The van der Waals surface area contributed by atoms with Gasteiger partial charge in [0, 0.05) is 37.9 Å². The van der Waals surface area contributed by atoms with E-state index in [2.05, 4.69) is 0 Å². The van der Waals surface area contributed by atoms with Gasteiger partial charge in [-0.3, -0.25) is 4.79 Å². The lowest BCUT2D eigenvalue weighted by atomic mass is 9.90. The van der Waals surface area contributed by atoms with E-state index in [1.165, 1.54) is 0 Å². The van der Waals surface area contributed by atoms with Crippen LogP contribution in [0, 0.1) is 0 Å². The van der Waals surface area contributed by atoms with E-state index >= 15 is 0 Å². The fourth-order valence-corrected chi connectivity index (χ4v) is 2.40.